The minimum absolute atomic E-state index is 0.168. The van der Waals surface area contributed by atoms with E-state index in [4.69, 9.17) is 0 Å². The van der Waals surface area contributed by atoms with Gasteiger partial charge < -0.3 is 5.11 Å². The van der Waals surface area contributed by atoms with Gasteiger partial charge in [0.25, 0.3) is 0 Å². The van der Waals surface area contributed by atoms with Gasteiger partial charge in [-0.1, -0.05) is 30.3 Å². The van der Waals surface area contributed by atoms with Crippen LogP contribution in [0.3, 0.4) is 0 Å². The van der Waals surface area contributed by atoms with E-state index < -0.39 is 0 Å². The van der Waals surface area contributed by atoms with Gasteiger partial charge in [0.15, 0.2) is 11.6 Å². The monoisotopic (exact) mass is 302 g/mol. The Balaban J connectivity index is 1.93. The zero-order chi connectivity index (χ0) is 15.8. The van der Waals surface area contributed by atoms with Crippen molar-refractivity contribution in [2.24, 2.45) is 0 Å². The molecule has 2 heterocycles. The number of nitrogens with zero attached hydrogens (tertiary/aromatic N) is 4. The van der Waals surface area contributed by atoms with Crippen LogP contribution in [0.2, 0.25) is 0 Å². The second-order valence-electron chi connectivity index (χ2n) is 5.27. The molecule has 0 atom stereocenters. The van der Waals surface area contributed by atoms with Crippen molar-refractivity contribution in [3.8, 4) is 23.0 Å². The summed E-state index contributed by atoms with van der Waals surface area (Å²) in [6, 6.07) is 18.9. The molecule has 5 heteroatoms. The smallest absolute Gasteiger partial charge is 0.168 e. The molecule has 4 aromatic rings. The van der Waals surface area contributed by atoms with E-state index in [0.29, 0.717) is 23.0 Å². The van der Waals surface area contributed by atoms with Crippen LogP contribution in [0.4, 0.5) is 0 Å². The van der Waals surface area contributed by atoms with Crippen LogP contribution in [0.1, 0.15) is 5.82 Å². The van der Waals surface area contributed by atoms with Gasteiger partial charge in [0.1, 0.15) is 11.6 Å². The molecule has 0 radical (unpaired) electrons. The maximum atomic E-state index is 10.1. The molecule has 0 fully saturated rings. The molecule has 112 valence electrons. The first kappa shape index (κ1) is 13.5. The summed E-state index contributed by atoms with van der Waals surface area (Å²) in [5.41, 5.74) is 1.52. The number of hydrogen-bond donors (Lipinski definition) is 1. The lowest BCUT2D eigenvalue weighted by molar-refractivity contribution is 0.476. The summed E-state index contributed by atoms with van der Waals surface area (Å²) in [7, 11) is 0. The highest BCUT2D eigenvalue weighted by molar-refractivity contribution is 5.79. The van der Waals surface area contributed by atoms with Crippen LogP contribution in [0.5, 0.6) is 5.75 Å². The Morgan fingerprint density at radius 3 is 2.52 bits per heavy atom. The predicted molar refractivity (Wildman–Crippen MR) is 88.5 cm³/mol. The molecule has 0 unspecified atom stereocenters. The largest absolute Gasteiger partial charge is 0.507 e. The van der Waals surface area contributed by atoms with Crippen molar-refractivity contribution in [2.45, 2.75) is 6.92 Å². The van der Waals surface area contributed by atoms with E-state index in [1.54, 1.807) is 16.8 Å². The van der Waals surface area contributed by atoms with Crippen LogP contribution in [0.25, 0.3) is 28.1 Å². The molecule has 1 N–H and O–H groups in total. The summed E-state index contributed by atoms with van der Waals surface area (Å²) < 4.78 is 1.66. The Labute approximate surface area is 132 Å². The van der Waals surface area contributed by atoms with Crippen LogP contribution >= 0.6 is 0 Å². The minimum Gasteiger partial charge on any atom is -0.507 e. The predicted octanol–water partition coefficient (Wildman–Crippen LogP) is 3.50. The van der Waals surface area contributed by atoms with Gasteiger partial charge in [-0.2, -0.15) is 4.68 Å². The third-order valence-corrected chi connectivity index (χ3v) is 3.66. The van der Waals surface area contributed by atoms with Gasteiger partial charge in [0, 0.05) is 5.39 Å². The molecule has 0 bridgehead atoms. The molecule has 0 aliphatic heterocycles. The first-order chi connectivity index (χ1) is 11.2. The fourth-order valence-corrected chi connectivity index (χ4v) is 2.59. The van der Waals surface area contributed by atoms with Crippen LogP contribution < -0.4 is 0 Å². The maximum Gasteiger partial charge on any atom is 0.168 e. The lowest BCUT2D eigenvalue weighted by Crippen LogP contribution is -2.02. The van der Waals surface area contributed by atoms with Crippen molar-refractivity contribution in [1.29, 1.82) is 0 Å². The normalized spacial score (nSPS) is 11.0. The molecule has 0 aliphatic rings. The molecule has 0 saturated carbocycles. The van der Waals surface area contributed by atoms with Crippen molar-refractivity contribution in [3.63, 3.8) is 0 Å². The molecule has 5 nitrogen and oxygen atoms in total. The Morgan fingerprint density at radius 1 is 0.870 bits per heavy atom. The minimum atomic E-state index is 0.168. The van der Waals surface area contributed by atoms with Crippen LogP contribution in [-0.2, 0) is 0 Å². The highest BCUT2D eigenvalue weighted by atomic mass is 16.3. The Bertz CT molecular complexity index is 1010. The van der Waals surface area contributed by atoms with Crippen molar-refractivity contribution >= 4 is 10.9 Å². The molecule has 0 spiro atoms. The summed E-state index contributed by atoms with van der Waals surface area (Å²) in [6.07, 6.45) is 0. The first-order valence-corrected chi connectivity index (χ1v) is 7.30. The van der Waals surface area contributed by atoms with E-state index in [-0.39, 0.29) is 5.75 Å². The Morgan fingerprint density at radius 2 is 1.65 bits per heavy atom. The molecular weight excluding hydrogens is 288 g/mol. The average Bonchev–Trinajstić information content (AvgIpc) is 2.96. The maximum absolute atomic E-state index is 10.1. The van der Waals surface area contributed by atoms with Crippen LogP contribution in [-0.4, -0.2) is 24.9 Å². The molecule has 0 amide bonds. The van der Waals surface area contributed by atoms with Crippen LogP contribution in [0.15, 0.2) is 60.7 Å². The van der Waals surface area contributed by atoms with E-state index in [1.807, 2.05) is 55.5 Å². The number of pyridine rings is 1. The topological polar surface area (TPSA) is 63.8 Å². The van der Waals surface area contributed by atoms with Gasteiger partial charge in [-0.25, -0.2) is 9.97 Å². The van der Waals surface area contributed by atoms with Gasteiger partial charge in [-0.05, 0) is 37.3 Å². The lowest BCUT2D eigenvalue weighted by Gasteiger charge is -2.07. The Hall–Kier alpha value is -3.21. The average molecular weight is 302 g/mol. The van der Waals surface area contributed by atoms with Gasteiger partial charge in [-0.15, -0.1) is 5.10 Å². The molecule has 4 rings (SSSR count). The zero-order valence-corrected chi connectivity index (χ0v) is 12.5. The van der Waals surface area contributed by atoms with E-state index in [1.165, 1.54) is 0 Å². The number of aryl methyl sites for hydroxylation is 1. The van der Waals surface area contributed by atoms with Crippen molar-refractivity contribution in [2.75, 3.05) is 0 Å². The SMILES string of the molecule is Cc1nc(-c2ccccc2O)n(-c2ccc3ccccc3n2)n1. The molecule has 0 saturated heterocycles. The number of rotatable bonds is 2. The van der Waals surface area contributed by atoms with Gasteiger partial charge in [0.2, 0.25) is 0 Å². The number of para-hydroxylation sites is 2. The summed E-state index contributed by atoms with van der Waals surface area (Å²) in [6.45, 7) is 1.82. The van der Waals surface area contributed by atoms with Gasteiger partial charge >= 0.3 is 0 Å². The van der Waals surface area contributed by atoms with E-state index >= 15 is 0 Å². The molecule has 2 aromatic carbocycles. The van der Waals surface area contributed by atoms with Crippen LogP contribution in [0, 0.1) is 6.92 Å². The summed E-state index contributed by atoms with van der Waals surface area (Å²) >= 11 is 0. The quantitative estimate of drug-likeness (QED) is 0.615. The number of aromatic hydroxyl groups is 1. The van der Waals surface area contributed by atoms with Crippen molar-refractivity contribution in [3.05, 3.63) is 66.5 Å². The highest BCUT2D eigenvalue weighted by Crippen LogP contribution is 2.28. The standard InChI is InChI=1S/C18H14N4O/c1-12-19-18(14-7-3-5-9-16(14)23)22(21-12)17-11-10-13-6-2-4-8-15(13)20-17/h2-11,23H,1H3. The first-order valence-electron chi connectivity index (χ1n) is 7.30. The number of benzene rings is 2. The summed E-state index contributed by atoms with van der Waals surface area (Å²) in [4.78, 5) is 9.10. The Kier molecular flexibility index (Phi) is 3.05. The fraction of sp³-hybridized carbons (Fsp3) is 0.0556. The summed E-state index contributed by atoms with van der Waals surface area (Å²) in [5.74, 6) is 2.03. The van der Waals surface area contributed by atoms with E-state index in [9.17, 15) is 5.11 Å². The van der Waals surface area contributed by atoms with E-state index in [2.05, 4.69) is 15.1 Å². The molecule has 2 aromatic heterocycles. The fourth-order valence-electron chi connectivity index (χ4n) is 2.59. The number of aromatic nitrogens is 4. The molecule has 23 heavy (non-hydrogen) atoms. The highest BCUT2D eigenvalue weighted by Gasteiger charge is 2.15. The summed E-state index contributed by atoms with van der Waals surface area (Å²) in [5, 5.41) is 15.6. The third-order valence-electron chi connectivity index (χ3n) is 3.66. The molecule has 0 aliphatic carbocycles. The van der Waals surface area contributed by atoms with Crippen molar-refractivity contribution in [1.82, 2.24) is 19.7 Å². The number of hydrogen-bond acceptors (Lipinski definition) is 4. The second kappa shape index (κ2) is 5.21. The second-order valence-corrected chi connectivity index (χ2v) is 5.27. The number of phenolic OH excluding ortho intramolecular Hbond substituents is 1. The third kappa shape index (κ3) is 2.32. The zero-order valence-electron chi connectivity index (χ0n) is 12.5. The van der Waals surface area contributed by atoms with E-state index in [0.717, 1.165) is 10.9 Å². The van der Waals surface area contributed by atoms with Crippen molar-refractivity contribution < 1.29 is 5.11 Å². The molecular formula is C18H14N4O. The number of phenols is 1. The lowest BCUT2D eigenvalue weighted by atomic mass is 10.2. The van der Waals surface area contributed by atoms with Gasteiger partial charge in [-0.3, -0.25) is 0 Å². The van der Waals surface area contributed by atoms with Gasteiger partial charge in [0.05, 0.1) is 11.1 Å². The number of fused-ring (bicyclic) bond motifs is 1.